The van der Waals surface area contributed by atoms with Crippen LogP contribution >= 0.6 is 0 Å². The number of esters is 1. The van der Waals surface area contributed by atoms with Gasteiger partial charge in [0.05, 0.1) is 37.5 Å². The van der Waals surface area contributed by atoms with E-state index in [2.05, 4.69) is 5.32 Å². The van der Waals surface area contributed by atoms with Crippen molar-refractivity contribution in [2.45, 2.75) is 12.8 Å². The number of piperidine rings is 1. The summed E-state index contributed by atoms with van der Waals surface area (Å²) in [5, 5.41) is 2.75. The molecule has 0 saturated carbocycles. The first kappa shape index (κ1) is 21.8. The minimum absolute atomic E-state index is 0.0182. The van der Waals surface area contributed by atoms with Crippen molar-refractivity contribution in [3.8, 4) is 11.5 Å². The van der Waals surface area contributed by atoms with Crippen LogP contribution in [0.25, 0.3) is 0 Å². The average molecular weight is 455 g/mol. The Morgan fingerprint density at radius 3 is 2.52 bits per heavy atom. The topological polar surface area (TPSA) is 124 Å². The van der Waals surface area contributed by atoms with E-state index < -0.39 is 22.1 Å². The fourth-order valence-corrected chi connectivity index (χ4v) is 5.53. The zero-order valence-corrected chi connectivity index (χ0v) is 18.0. The number of hydrogen-bond donors (Lipinski definition) is 1. The molecular formula is C19H25N3O8S. The van der Waals surface area contributed by atoms with E-state index in [-0.39, 0.29) is 30.5 Å². The van der Waals surface area contributed by atoms with Crippen LogP contribution in [0.2, 0.25) is 0 Å². The van der Waals surface area contributed by atoms with Crippen LogP contribution in [0.4, 0.5) is 5.69 Å². The highest BCUT2D eigenvalue weighted by molar-refractivity contribution is 7.86. The quantitative estimate of drug-likeness (QED) is 0.634. The van der Waals surface area contributed by atoms with Gasteiger partial charge in [-0.25, -0.2) is 4.79 Å². The van der Waals surface area contributed by atoms with Gasteiger partial charge in [0, 0.05) is 38.3 Å². The van der Waals surface area contributed by atoms with Crippen LogP contribution < -0.4 is 14.8 Å². The summed E-state index contributed by atoms with van der Waals surface area (Å²) in [4.78, 5) is 25.2. The number of hydrogen-bond acceptors (Lipinski definition) is 8. The lowest BCUT2D eigenvalue weighted by Gasteiger charge is -2.36. The van der Waals surface area contributed by atoms with Crippen molar-refractivity contribution >= 4 is 27.8 Å². The molecule has 31 heavy (non-hydrogen) atoms. The maximum atomic E-state index is 13.0. The molecular weight excluding hydrogens is 430 g/mol. The second kappa shape index (κ2) is 8.99. The number of benzene rings is 1. The van der Waals surface area contributed by atoms with Crippen molar-refractivity contribution in [1.82, 2.24) is 8.61 Å². The van der Waals surface area contributed by atoms with Gasteiger partial charge in [-0.05, 0) is 12.8 Å². The number of fused-ring (bicyclic) bond motifs is 1. The van der Waals surface area contributed by atoms with Gasteiger partial charge in [-0.15, -0.1) is 0 Å². The van der Waals surface area contributed by atoms with Gasteiger partial charge in [0.1, 0.15) is 0 Å². The van der Waals surface area contributed by atoms with E-state index in [9.17, 15) is 18.0 Å². The number of morpholine rings is 1. The zero-order valence-electron chi connectivity index (χ0n) is 17.2. The highest BCUT2D eigenvalue weighted by Crippen LogP contribution is 2.37. The van der Waals surface area contributed by atoms with Crippen LogP contribution in [0.1, 0.15) is 23.2 Å². The summed E-state index contributed by atoms with van der Waals surface area (Å²) in [6.45, 7) is 1.77. The van der Waals surface area contributed by atoms with Crippen LogP contribution in [0.15, 0.2) is 12.1 Å². The standard InChI is InChI=1S/C19H25N3O8S/c1-27-19(24)14-9-16-17(30-12-29-16)10-15(14)20-18(23)13-3-2-4-22(11-13)31(25,26)21-5-7-28-8-6-21/h9-10,13H,2-8,11-12H2,1H3,(H,20,23)/t13-/m1/s1. The van der Waals surface area contributed by atoms with E-state index in [1.807, 2.05) is 0 Å². The fourth-order valence-electron chi connectivity index (χ4n) is 3.87. The summed E-state index contributed by atoms with van der Waals surface area (Å²) in [7, 11) is -2.42. The SMILES string of the molecule is COC(=O)c1cc2c(cc1NC(=O)[C@@H]1CCCN(S(=O)(=O)N3CCOCC3)C1)OCO2. The van der Waals surface area contributed by atoms with Gasteiger partial charge in [-0.3, -0.25) is 4.79 Å². The molecule has 1 amide bonds. The van der Waals surface area contributed by atoms with Crippen LogP contribution in [0, 0.1) is 5.92 Å². The molecule has 2 saturated heterocycles. The second-order valence-corrected chi connectivity index (χ2v) is 9.38. The fraction of sp³-hybridized carbons (Fsp3) is 0.579. The number of methoxy groups -OCH3 is 1. The zero-order chi connectivity index (χ0) is 22.0. The van der Waals surface area contributed by atoms with Gasteiger partial charge in [-0.2, -0.15) is 17.0 Å². The lowest BCUT2D eigenvalue weighted by Crippen LogP contribution is -2.52. The molecule has 3 aliphatic heterocycles. The van der Waals surface area contributed by atoms with Crippen LogP contribution in [0.5, 0.6) is 11.5 Å². The summed E-state index contributed by atoms with van der Waals surface area (Å²) < 4.78 is 49.3. The smallest absolute Gasteiger partial charge is 0.340 e. The van der Waals surface area contributed by atoms with Gasteiger partial charge in [0.25, 0.3) is 10.2 Å². The molecule has 0 unspecified atom stereocenters. The van der Waals surface area contributed by atoms with E-state index in [0.29, 0.717) is 57.2 Å². The van der Waals surface area contributed by atoms with E-state index >= 15 is 0 Å². The summed E-state index contributed by atoms with van der Waals surface area (Å²) in [5.74, 6) is -0.762. The lowest BCUT2D eigenvalue weighted by atomic mass is 9.98. The van der Waals surface area contributed by atoms with Crippen molar-refractivity contribution in [2.24, 2.45) is 5.92 Å². The van der Waals surface area contributed by atoms with Crippen LogP contribution in [-0.2, 0) is 24.5 Å². The molecule has 0 spiro atoms. The third-order valence-corrected chi connectivity index (χ3v) is 7.56. The monoisotopic (exact) mass is 455 g/mol. The molecule has 2 fully saturated rings. The van der Waals surface area contributed by atoms with Crippen molar-refractivity contribution in [1.29, 1.82) is 0 Å². The summed E-state index contributed by atoms with van der Waals surface area (Å²) in [6.07, 6.45) is 1.10. The Labute approximate surface area is 180 Å². The largest absolute Gasteiger partial charge is 0.465 e. The van der Waals surface area contributed by atoms with Gasteiger partial charge in [-0.1, -0.05) is 0 Å². The normalized spacial score (nSPS) is 22.2. The summed E-state index contributed by atoms with van der Waals surface area (Å²) in [6, 6.07) is 2.97. The van der Waals surface area contributed by atoms with Crippen molar-refractivity contribution in [2.75, 3.05) is 58.6 Å². The van der Waals surface area contributed by atoms with Gasteiger partial charge in [0.2, 0.25) is 12.7 Å². The summed E-state index contributed by atoms with van der Waals surface area (Å²) >= 11 is 0. The first-order valence-corrected chi connectivity index (χ1v) is 11.5. The molecule has 0 radical (unpaired) electrons. The third kappa shape index (κ3) is 4.47. The van der Waals surface area contributed by atoms with Gasteiger partial charge < -0.3 is 24.3 Å². The first-order chi connectivity index (χ1) is 14.9. The number of carbonyl (C=O) groups excluding carboxylic acids is 2. The van der Waals surface area contributed by atoms with Crippen molar-refractivity contribution in [3.05, 3.63) is 17.7 Å². The molecule has 0 aromatic heterocycles. The number of anilines is 1. The second-order valence-electron chi connectivity index (χ2n) is 7.45. The van der Waals surface area contributed by atoms with E-state index in [4.69, 9.17) is 18.9 Å². The molecule has 12 heteroatoms. The lowest BCUT2D eigenvalue weighted by molar-refractivity contribution is -0.120. The van der Waals surface area contributed by atoms with Gasteiger partial charge >= 0.3 is 5.97 Å². The Hall–Kier alpha value is -2.41. The van der Waals surface area contributed by atoms with E-state index in [1.165, 1.54) is 27.9 Å². The minimum Gasteiger partial charge on any atom is -0.465 e. The Kier molecular flexibility index (Phi) is 6.32. The van der Waals surface area contributed by atoms with Crippen LogP contribution in [-0.4, -0.2) is 82.2 Å². The number of ether oxygens (including phenoxy) is 4. The molecule has 4 rings (SSSR count). The van der Waals surface area contributed by atoms with Gasteiger partial charge in [0.15, 0.2) is 11.5 Å². The maximum absolute atomic E-state index is 13.0. The molecule has 1 atom stereocenters. The van der Waals surface area contributed by atoms with E-state index in [1.54, 1.807) is 0 Å². The average Bonchev–Trinajstić information content (AvgIpc) is 3.26. The number of carbonyl (C=O) groups is 2. The van der Waals surface area contributed by atoms with Crippen LogP contribution in [0.3, 0.4) is 0 Å². The maximum Gasteiger partial charge on any atom is 0.340 e. The summed E-state index contributed by atoms with van der Waals surface area (Å²) in [5.41, 5.74) is 0.364. The molecule has 1 N–H and O–H groups in total. The molecule has 3 heterocycles. The Balaban J connectivity index is 1.49. The number of nitrogens with zero attached hydrogens (tertiary/aromatic N) is 2. The first-order valence-electron chi connectivity index (χ1n) is 10.1. The molecule has 170 valence electrons. The Morgan fingerprint density at radius 2 is 1.81 bits per heavy atom. The molecule has 3 aliphatic rings. The number of nitrogens with one attached hydrogen (secondary N) is 1. The molecule has 0 aliphatic carbocycles. The number of rotatable bonds is 5. The number of amides is 1. The highest BCUT2D eigenvalue weighted by atomic mass is 32.2. The molecule has 0 bridgehead atoms. The predicted molar refractivity (Wildman–Crippen MR) is 108 cm³/mol. The Morgan fingerprint density at radius 1 is 1.10 bits per heavy atom. The van der Waals surface area contributed by atoms with E-state index in [0.717, 1.165) is 0 Å². The third-order valence-electron chi connectivity index (χ3n) is 5.55. The predicted octanol–water partition coefficient (Wildman–Crippen LogP) is 0.429. The van der Waals surface area contributed by atoms with Crippen molar-refractivity contribution < 1.29 is 37.0 Å². The van der Waals surface area contributed by atoms with Crippen molar-refractivity contribution in [3.63, 3.8) is 0 Å². The minimum atomic E-state index is -3.66. The molecule has 1 aromatic carbocycles. The molecule has 11 nitrogen and oxygen atoms in total. The molecule has 1 aromatic rings. The highest BCUT2D eigenvalue weighted by Gasteiger charge is 2.37. The Bertz CT molecular complexity index is 961.